The van der Waals surface area contributed by atoms with Crippen LogP contribution in [0.2, 0.25) is 0 Å². The predicted molar refractivity (Wildman–Crippen MR) is 84.0 cm³/mol. The van der Waals surface area contributed by atoms with Crippen molar-refractivity contribution in [2.45, 2.75) is 13.0 Å². The average molecular weight is 324 g/mol. The first-order valence-corrected chi connectivity index (χ1v) is 7.79. The number of anilines is 1. The van der Waals surface area contributed by atoms with Gasteiger partial charge in [-0.2, -0.15) is 9.61 Å². The van der Waals surface area contributed by atoms with E-state index in [0.717, 1.165) is 27.0 Å². The molecule has 0 aliphatic heterocycles. The Morgan fingerprint density at radius 3 is 3.05 bits per heavy atom. The number of nitrogens with one attached hydrogen (secondary N) is 1. The second kappa shape index (κ2) is 5.97. The normalized spacial score (nSPS) is 12.7. The molecule has 3 aromatic rings. The molecule has 0 aliphatic carbocycles. The summed E-state index contributed by atoms with van der Waals surface area (Å²) in [5.74, 6) is 0.981. The maximum atomic E-state index is 9.48. The number of halogens is 1. The van der Waals surface area contributed by atoms with Crippen LogP contribution >= 0.6 is 22.9 Å². The highest BCUT2D eigenvalue weighted by atomic mass is 35.5. The summed E-state index contributed by atoms with van der Waals surface area (Å²) < 4.78 is 1.73. The lowest BCUT2D eigenvalue weighted by Gasteiger charge is -2.10. The van der Waals surface area contributed by atoms with Crippen LogP contribution in [0.4, 0.5) is 5.69 Å². The van der Waals surface area contributed by atoms with Crippen molar-refractivity contribution in [3.8, 4) is 10.6 Å². The van der Waals surface area contributed by atoms with Gasteiger partial charge in [0.2, 0.25) is 4.96 Å². The molecule has 8 heteroatoms. The zero-order valence-electron chi connectivity index (χ0n) is 11.3. The molecule has 6 nitrogen and oxygen atoms in total. The van der Waals surface area contributed by atoms with Gasteiger partial charge in [0.15, 0.2) is 5.82 Å². The van der Waals surface area contributed by atoms with Gasteiger partial charge >= 0.3 is 0 Å². The minimum Gasteiger partial charge on any atom is -0.390 e. The maximum absolute atomic E-state index is 9.48. The summed E-state index contributed by atoms with van der Waals surface area (Å²) in [6.45, 7) is 2.28. The van der Waals surface area contributed by atoms with Crippen LogP contribution in [0, 0.1) is 6.92 Å². The van der Waals surface area contributed by atoms with E-state index in [0.29, 0.717) is 6.54 Å². The van der Waals surface area contributed by atoms with Crippen molar-refractivity contribution >= 4 is 33.6 Å². The van der Waals surface area contributed by atoms with E-state index < -0.39 is 6.10 Å². The maximum Gasteiger partial charge on any atom is 0.234 e. The van der Waals surface area contributed by atoms with Crippen LogP contribution in [0.25, 0.3) is 15.5 Å². The van der Waals surface area contributed by atoms with Gasteiger partial charge in [-0.1, -0.05) is 23.5 Å². The van der Waals surface area contributed by atoms with Gasteiger partial charge in [-0.25, -0.2) is 0 Å². The second-order valence-corrected chi connectivity index (χ2v) is 5.88. The van der Waals surface area contributed by atoms with Crippen LogP contribution in [0.1, 0.15) is 5.82 Å². The number of nitrogens with zero attached hydrogens (tertiary/aromatic N) is 4. The van der Waals surface area contributed by atoms with Crippen LogP contribution in [0.3, 0.4) is 0 Å². The number of aliphatic hydroxyl groups is 1. The van der Waals surface area contributed by atoms with Crippen molar-refractivity contribution in [3.05, 3.63) is 30.1 Å². The molecular weight excluding hydrogens is 310 g/mol. The van der Waals surface area contributed by atoms with Crippen molar-refractivity contribution in [2.75, 3.05) is 17.7 Å². The third-order valence-electron chi connectivity index (χ3n) is 2.98. The van der Waals surface area contributed by atoms with E-state index >= 15 is 0 Å². The number of fused-ring (bicyclic) bond motifs is 1. The van der Waals surface area contributed by atoms with Crippen LogP contribution < -0.4 is 5.32 Å². The summed E-state index contributed by atoms with van der Waals surface area (Å²) in [5.41, 5.74) is 1.91. The molecule has 0 saturated heterocycles. The minimum atomic E-state index is -0.563. The number of hydrogen-bond acceptors (Lipinski definition) is 6. The van der Waals surface area contributed by atoms with Crippen molar-refractivity contribution < 1.29 is 5.11 Å². The number of benzene rings is 1. The Balaban J connectivity index is 1.84. The Kier molecular flexibility index (Phi) is 4.05. The highest BCUT2D eigenvalue weighted by molar-refractivity contribution is 7.19. The van der Waals surface area contributed by atoms with Gasteiger partial charge in [-0.15, -0.1) is 21.8 Å². The van der Waals surface area contributed by atoms with E-state index in [1.165, 1.54) is 11.3 Å². The molecule has 0 spiro atoms. The van der Waals surface area contributed by atoms with E-state index in [4.69, 9.17) is 11.6 Å². The second-order valence-electron chi connectivity index (χ2n) is 4.62. The number of rotatable bonds is 5. The Bertz CT molecular complexity index is 756. The quantitative estimate of drug-likeness (QED) is 0.704. The van der Waals surface area contributed by atoms with Gasteiger partial charge < -0.3 is 10.4 Å². The summed E-state index contributed by atoms with van der Waals surface area (Å²) in [6, 6.07) is 7.86. The van der Waals surface area contributed by atoms with E-state index in [1.54, 1.807) is 4.52 Å². The van der Waals surface area contributed by atoms with E-state index in [2.05, 4.69) is 20.6 Å². The third-order valence-corrected chi connectivity index (χ3v) is 4.28. The molecular formula is C13H14ClN5OS. The van der Waals surface area contributed by atoms with Gasteiger partial charge in [0.25, 0.3) is 0 Å². The molecule has 110 valence electrons. The fourth-order valence-corrected chi connectivity index (χ4v) is 2.87. The predicted octanol–water partition coefficient (Wildman–Crippen LogP) is 2.17. The first kappa shape index (κ1) is 14.2. The summed E-state index contributed by atoms with van der Waals surface area (Å²) in [6.07, 6.45) is -0.563. The molecule has 0 aliphatic rings. The van der Waals surface area contributed by atoms with Crippen LogP contribution in [-0.4, -0.2) is 43.4 Å². The lowest BCUT2D eigenvalue weighted by molar-refractivity contribution is 0.211. The zero-order valence-corrected chi connectivity index (χ0v) is 12.9. The zero-order chi connectivity index (χ0) is 14.8. The van der Waals surface area contributed by atoms with Crippen LogP contribution in [0.15, 0.2) is 24.3 Å². The Labute approximate surface area is 130 Å². The lowest BCUT2D eigenvalue weighted by atomic mass is 10.2. The number of aryl methyl sites for hydroxylation is 1. The fourth-order valence-electron chi connectivity index (χ4n) is 1.88. The lowest BCUT2D eigenvalue weighted by Crippen LogP contribution is -2.20. The summed E-state index contributed by atoms with van der Waals surface area (Å²) in [7, 11) is 0. The van der Waals surface area contributed by atoms with Crippen molar-refractivity contribution in [1.82, 2.24) is 19.8 Å². The molecule has 0 saturated carbocycles. The number of alkyl halides is 1. The van der Waals surface area contributed by atoms with E-state index in [-0.39, 0.29) is 5.88 Å². The Morgan fingerprint density at radius 2 is 2.29 bits per heavy atom. The van der Waals surface area contributed by atoms with Gasteiger partial charge in [0, 0.05) is 17.8 Å². The highest BCUT2D eigenvalue weighted by Crippen LogP contribution is 2.27. The fraction of sp³-hybridized carbons (Fsp3) is 0.308. The Hall–Kier alpha value is -1.70. The molecule has 0 fully saturated rings. The minimum absolute atomic E-state index is 0.211. The van der Waals surface area contributed by atoms with Crippen LogP contribution in [0.5, 0.6) is 0 Å². The molecule has 21 heavy (non-hydrogen) atoms. The van der Waals surface area contributed by atoms with E-state index in [1.807, 2.05) is 31.2 Å². The van der Waals surface area contributed by atoms with E-state index in [9.17, 15) is 5.11 Å². The molecule has 1 aromatic carbocycles. The standard InChI is InChI=1S/C13H14ClN5OS/c1-8-16-17-13-19(8)18-12(21-13)9-3-2-4-10(5-9)15-7-11(20)6-14/h2-5,11,15,20H,6-7H2,1H3. The molecule has 1 atom stereocenters. The first-order valence-electron chi connectivity index (χ1n) is 6.44. The average Bonchev–Trinajstić information content (AvgIpc) is 3.08. The summed E-state index contributed by atoms with van der Waals surface area (Å²) >= 11 is 7.07. The van der Waals surface area contributed by atoms with Crippen molar-refractivity contribution in [3.63, 3.8) is 0 Å². The largest absolute Gasteiger partial charge is 0.390 e. The van der Waals surface area contributed by atoms with Gasteiger partial charge in [0.05, 0.1) is 12.0 Å². The SMILES string of the molecule is Cc1nnc2sc(-c3cccc(NCC(O)CCl)c3)nn12. The molecule has 2 N–H and O–H groups in total. The van der Waals surface area contributed by atoms with Gasteiger partial charge in [-0.3, -0.25) is 0 Å². The number of hydrogen-bond donors (Lipinski definition) is 2. The first-order chi connectivity index (χ1) is 10.2. The molecule has 1 unspecified atom stereocenters. The molecule has 0 radical (unpaired) electrons. The molecule has 0 bridgehead atoms. The van der Waals surface area contributed by atoms with Gasteiger partial charge in [0.1, 0.15) is 5.01 Å². The smallest absolute Gasteiger partial charge is 0.234 e. The van der Waals surface area contributed by atoms with Crippen molar-refractivity contribution in [2.24, 2.45) is 0 Å². The van der Waals surface area contributed by atoms with Crippen LogP contribution in [-0.2, 0) is 0 Å². The monoisotopic (exact) mass is 323 g/mol. The van der Waals surface area contributed by atoms with Crippen molar-refractivity contribution in [1.29, 1.82) is 0 Å². The van der Waals surface area contributed by atoms with Gasteiger partial charge in [-0.05, 0) is 19.1 Å². The summed E-state index contributed by atoms with van der Waals surface area (Å²) in [4.78, 5) is 0.776. The molecule has 2 heterocycles. The topological polar surface area (TPSA) is 75.3 Å². The molecule has 2 aromatic heterocycles. The number of aliphatic hydroxyl groups excluding tert-OH is 1. The Morgan fingerprint density at radius 1 is 1.43 bits per heavy atom. The number of aromatic nitrogens is 4. The third kappa shape index (κ3) is 2.99. The summed E-state index contributed by atoms with van der Waals surface area (Å²) in [5, 5.41) is 26.1. The molecule has 3 rings (SSSR count). The molecule has 0 amide bonds. The highest BCUT2D eigenvalue weighted by Gasteiger charge is 2.11.